The fourth-order valence-corrected chi connectivity index (χ4v) is 3.01. The van der Waals surface area contributed by atoms with Crippen LogP contribution < -0.4 is 11.0 Å². The average molecular weight is 334 g/mol. The lowest BCUT2D eigenvalue weighted by molar-refractivity contribution is 0.549. The summed E-state index contributed by atoms with van der Waals surface area (Å²) in [6, 6.07) is 18.0. The Labute approximate surface area is 143 Å². The van der Waals surface area contributed by atoms with Gasteiger partial charge in [-0.15, -0.1) is 0 Å². The quantitative estimate of drug-likeness (QED) is 0.519. The number of aryl methyl sites for hydroxylation is 1. The second kappa shape index (κ2) is 6.37. The van der Waals surface area contributed by atoms with Crippen LogP contribution in [0.1, 0.15) is 23.3 Å². The summed E-state index contributed by atoms with van der Waals surface area (Å²) >= 11 is 0. The van der Waals surface area contributed by atoms with E-state index < -0.39 is 0 Å². The molecule has 0 amide bonds. The standard InChI is InChI=1S/C18H18N6O/c1-24-14-10-6-5-9-13(14)20-17(24)16(12-7-3-2-4-8-12)19-11-15-21-18(25)23-22-15/h2-10,16,19H,11H2,1H3,(H2,21,22,23,25)/t16-/m0/s1. The first-order valence-electron chi connectivity index (χ1n) is 8.05. The van der Waals surface area contributed by atoms with E-state index in [1.165, 1.54) is 0 Å². The molecular formula is C18H18N6O. The molecule has 7 nitrogen and oxygen atoms in total. The van der Waals surface area contributed by atoms with Gasteiger partial charge >= 0.3 is 5.69 Å². The topological polar surface area (TPSA) is 91.4 Å². The number of benzene rings is 2. The molecule has 7 heteroatoms. The first-order chi connectivity index (χ1) is 12.2. The van der Waals surface area contributed by atoms with Crippen molar-refractivity contribution in [3.63, 3.8) is 0 Å². The minimum absolute atomic E-state index is 0.126. The Morgan fingerprint density at radius 3 is 2.60 bits per heavy atom. The second-order valence-electron chi connectivity index (χ2n) is 5.87. The van der Waals surface area contributed by atoms with Crippen molar-refractivity contribution < 1.29 is 0 Å². The van der Waals surface area contributed by atoms with E-state index in [9.17, 15) is 4.79 Å². The highest BCUT2D eigenvalue weighted by molar-refractivity contribution is 5.76. The summed E-state index contributed by atoms with van der Waals surface area (Å²) in [5.41, 5.74) is 2.82. The lowest BCUT2D eigenvalue weighted by atomic mass is 10.1. The fraction of sp³-hybridized carbons (Fsp3) is 0.167. The summed E-state index contributed by atoms with van der Waals surface area (Å²) in [6.45, 7) is 0.418. The molecular weight excluding hydrogens is 316 g/mol. The molecule has 3 N–H and O–H groups in total. The Bertz CT molecular complexity index is 1050. The fourth-order valence-electron chi connectivity index (χ4n) is 3.01. The third kappa shape index (κ3) is 2.97. The normalized spacial score (nSPS) is 12.5. The van der Waals surface area contributed by atoms with E-state index in [1.54, 1.807) is 0 Å². The third-order valence-corrected chi connectivity index (χ3v) is 4.24. The predicted octanol–water partition coefficient (Wildman–Crippen LogP) is 1.86. The van der Waals surface area contributed by atoms with Crippen LogP contribution in [0.2, 0.25) is 0 Å². The number of hydrogen-bond donors (Lipinski definition) is 3. The Kier molecular flexibility index (Phi) is 3.91. The van der Waals surface area contributed by atoms with E-state index in [2.05, 4.69) is 43.3 Å². The lowest BCUT2D eigenvalue weighted by Crippen LogP contribution is -2.25. The minimum atomic E-state index is -0.309. The van der Waals surface area contributed by atoms with Crippen LogP contribution in [-0.2, 0) is 13.6 Å². The van der Waals surface area contributed by atoms with E-state index in [0.29, 0.717) is 12.4 Å². The van der Waals surface area contributed by atoms with Crippen molar-refractivity contribution in [1.29, 1.82) is 0 Å². The summed E-state index contributed by atoms with van der Waals surface area (Å²) in [4.78, 5) is 18.7. The maximum atomic E-state index is 11.2. The number of imidazole rings is 1. The van der Waals surface area contributed by atoms with Gasteiger partial charge in [-0.25, -0.2) is 14.9 Å². The zero-order chi connectivity index (χ0) is 17.2. The zero-order valence-electron chi connectivity index (χ0n) is 13.7. The Hall–Kier alpha value is -3.19. The van der Waals surface area contributed by atoms with Crippen LogP contribution in [0.25, 0.3) is 11.0 Å². The molecule has 2 aromatic heterocycles. The summed E-state index contributed by atoms with van der Waals surface area (Å²) in [6.07, 6.45) is 0. The molecule has 126 valence electrons. The van der Waals surface area contributed by atoms with E-state index in [4.69, 9.17) is 4.98 Å². The third-order valence-electron chi connectivity index (χ3n) is 4.24. The molecule has 2 heterocycles. The van der Waals surface area contributed by atoms with Gasteiger partial charge in [-0.1, -0.05) is 42.5 Å². The molecule has 1 atom stereocenters. The van der Waals surface area contributed by atoms with Crippen molar-refractivity contribution in [3.8, 4) is 0 Å². The van der Waals surface area contributed by atoms with Gasteiger partial charge in [0.1, 0.15) is 11.6 Å². The van der Waals surface area contributed by atoms with Gasteiger partial charge < -0.3 is 4.57 Å². The maximum absolute atomic E-state index is 11.2. The highest BCUT2D eigenvalue weighted by Crippen LogP contribution is 2.25. The lowest BCUT2D eigenvalue weighted by Gasteiger charge is -2.18. The second-order valence-corrected chi connectivity index (χ2v) is 5.87. The Morgan fingerprint density at radius 1 is 1.12 bits per heavy atom. The van der Waals surface area contributed by atoms with E-state index in [1.807, 2.05) is 43.4 Å². The van der Waals surface area contributed by atoms with Gasteiger partial charge in [0.15, 0.2) is 0 Å². The summed E-state index contributed by atoms with van der Waals surface area (Å²) in [5, 5.41) is 9.79. The van der Waals surface area contributed by atoms with Crippen molar-refractivity contribution >= 4 is 11.0 Å². The van der Waals surface area contributed by atoms with Gasteiger partial charge in [0, 0.05) is 7.05 Å². The molecule has 0 radical (unpaired) electrons. The van der Waals surface area contributed by atoms with Crippen molar-refractivity contribution in [2.24, 2.45) is 7.05 Å². The zero-order valence-corrected chi connectivity index (χ0v) is 13.7. The molecule has 2 aromatic carbocycles. The summed E-state index contributed by atoms with van der Waals surface area (Å²) in [7, 11) is 2.01. The number of para-hydroxylation sites is 2. The largest absolute Gasteiger partial charge is 0.340 e. The monoisotopic (exact) mass is 334 g/mol. The highest BCUT2D eigenvalue weighted by atomic mass is 16.1. The number of fused-ring (bicyclic) bond motifs is 1. The highest BCUT2D eigenvalue weighted by Gasteiger charge is 2.20. The number of nitrogens with zero attached hydrogens (tertiary/aromatic N) is 3. The molecule has 0 bridgehead atoms. The molecule has 4 aromatic rings. The number of H-pyrrole nitrogens is 2. The van der Waals surface area contributed by atoms with Crippen LogP contribution in [0.5, 0.6) is 0 Å². The van der Waals surface area contributed by atoms with E-state index in [-0.39, 0.29) is 11.7 Å². The van der Waals surface area contributed by atoms with Gasteiger partial charge in [0.05, 0.1) is 23.6 Å². The van der Waals surface area contributed by atoms with Gasteiger partial charge in [-0.3, -0.25) is 10.3 Å². The maximum Gasteiger partial charge on any atom is 0.340 e. The molecule has 25 heavy (non-hydrogen) atoms. The smallest absolute Gasteiger partial charge is 0.330 e. The first kappa shape index (κ1) is 15.3. The average Bonchev–Trinajstić information content (AvgIpc) is 3.20. The van der Waals surface area contributed by atoms with Crippen LogP contribution in [0.3, 0.4) is 0 Å². The number of aromatic amines is 2. The summed E-state index contributed by atoms with van der Waals surface area (Å²) in [5.74, 6) is 1.47. The van der Waals surface area contributed by atoms with E-state index >= 15 is 0 Å². The predicted molar refractivity (Wildman–Crippen MR) is 95.0 cm³/mol. The Morgan fingerprint density at radius 2 is 1.88 bits per heavy atom. The van der Waals surface area contributed by atoms with Gasteiger partial charge in [-0.2, -0.15) is 5.10 Å². The van der Waals surface area contributed by atoms with Crippen LogP contribution in [0.15, 0.2) is 59.4 Å². The minimum Gasteiger partial charge on any atom is -0.330 e. The number of nitrogens with one attached hydrogen (secondary N) is 3. The number of aromatic nitrogens is 5. The molecule has 0 aliphatic carbocycles. The first-order valence-corrected chi connectivity index (χ1v) is 8.05. The van der Waals surface area contributed by atoms with Crippen LogP contribution >= 0.6 is 0 Å². The van der Waals surface area contributed by atoms with Crippen LogP contribution in [0, 0.1) is 0 Å². The number of hydrogen-bond acceptors (Lipinski definition) is 4. The molecule has 0 aliphatic rings. The van der Waals surface area contributed by atoms with Crippen molar-refractivity contribution in [1.82, 2.24) is 30.0 Å². The van der Waals surface area contributed by atoms with E-state index in [0.717, 1.165) is 22.4 Å². The van der Waals surface area contributed by atoms with Crippen LogP contribution in [0.4, 0.5) is 0 Å². The summed E-state index contributed by atoms with van der Waals surface area (Å²) < 4.78 is 2.09. The molecule has 0 saturated carbocycles. The number of rotatable bonds is 5. The molecule has 0 fully saturated rings. The molecule has 0 unspecified atom stereocenters. The molecule has 0 spiro atoms. The SMILES string of the molecule is Cn1c([C@@H](NCc2n[nH]c(=O)[nH]2)c2ccccc2)nc2ccccc21. The van der Waals surface area contributed by atoms with Gasteiger partial charge in [0.2, 0.25) is 0 Å². The van der Waals surface area contributed by atoms with Crippen LogP contribution in [-0.4, -0.2) is 24.7 Å². The van der Waals surface area contributed by atoms with Gasteiger partial charge in [0.25, 0.3) is 0 Å². The molecule has 0 aliphatic heterocycles. The Balaban J connectivity index is 1.73. The van der Waals surface area contributed by atoms with Crippen molar-refractivity contribution in [2.75, 3.05) is 0 Å². The molecule has 4 rings (SSSR count). The van der Waals surface area contributed by atoms with Gasteiger partial charge in [-0.05, 0) is 17.7 Å². The van der Waals surface area contributed by atoms with Crippen molar-refractivity contribution in [2.45, 2.75) is 12.6 Å². The molecule has 0 saturated heterocycles. The van der Waals surface area contributed by atoms with Crippen molar-refractivity contribution in [3.05, 3.63) is 82.3 Å².